The third kappa shape index (κ3) is 2.31. The van der Waals surface area contributed by atoms with Crippen LogP contribution < -0.4 is 0 Å². The predicted octanol–water partition coefficient (Wildman–Crippen LogP) is 2.81. The molecule has 5 atom stereocenters. The molecule has 0 spiro atoms. The molecule has 0 aromatic carbocycles. The number of rotatable bonds is 2. The molecule has 0 amide bonds. The lowest BCUT2D eigenvalue weighted by atomic mass is 9.81. The molecule has 0 N–H and O–H groups in total. The van der Waals surface area contributed by atoms with E-state index in [2.05, 4.69) is 19.7 Å². The molecule has 1 heterocycles. The lowest BCUT2D eigenvalue weighted by Gasteiger charge is -2.26. The highest BCUT2D eigenvalue weighted by atomic mass is 16.6. The van der Waals surface area contributed by atoms with Crippen LogP contribution >= 0.6 is 0 Å². The average Bonchev–Trinajstić information content (AvgIpc) is 2.88. The number of carbonyl (C=O) groups is 2. The summed E-state index contributed by atoms with van der Waals surface area (Å²) in [6.45, 7) is 14.1. The van der Waals surface area contributed by atoms with E-state index in [9.17, 15) is 9.59 Å². The Labute approximate surface area is 130 Å². The molecular weight excluding hydrogens is 280 g/mol. The van der Waals surface area contributed by atoms with Gasteiger partial charge in [-0.3, -0.25) is 4.79 Å². The van der Waals surface area contributed by atoms with Crippen molar-refractivity contribution in [2.24, 2.45) is 23.7 Å². The molecule has 22 heavy (non-hydrogen) atoms. The zero-order valence-corrected chi connectivity index (χ0v) is 13.0. The fraction of sp³-hybridized carbons (Fsp3) is 0.556. The van der Waals surface area contributed by atoms with Crippen molar-refractivity contribution < 1.29 is 19.1 Å². The minimum Gasteiger partial charge on any atom is -0.465 e. The van der Waals surface area contributed by atoms with Gasteiger partial charge in [0.1, 0.15) is 6.10 Å². The van der Waals surface area contributed by atoms with Crippen molar-refractivity contribution in [3.05, 3.63) is 36.5 Å². The Kier molecular flexibility index (Phi) is 3.71. The summed E-state index contributed by atoms with van der Waals surface area (Å²) >= 11 is 0. The van der Waals surface area contributed by atoms with Gasteiger partial charge >= 0.3 is 11.9 Å². The average molecular weight is 302 g/mol. The van der Waals surface area contributed by atoms with Gasteiger partial charge in [0.15, 0.2) is 0 Å². The van der Waals surface area contributed by atoms with Crippen LogP contribution in [0.15, 0.2) is 36.5 Å². The van der Waals surface area contributed by atoms with E-state index >= 15 is 0 Å². The highest BCUT2D eigenvalue weighted by Gasteiger charge is 2.52. The summed E-state index contributed by atoms with van der Waals surface area (Å²) < 4.78 is 10.8. The van der Waals surface area contributed by atoms with Crippen LogP contribution in [0, 0.1) is 23.7 Å². The summed E-state index contributed by atoms with van der Waals surface area (Å²) in [6, 6.07) is 0. The van der Waals surface area contributed by atoms with Gasteiger partial charge in [0.2, 0.25) is 0 Å². The van der Waals surface area contributed by atoms with Gasteiger partial charge < -0.3 is 9.47 Å². The first-order chi connectivity index (χ1) is 10.4. The van der Waals surface area contributed by atoms with Crippen LogP contribution in [0.25, 0.3) is 0 Å². The maximum Gasteiger partial charge on any atom is 0.334 e. The molecule has 5 unspecified atom stereocenters. The van der Waals surface area contributed by atoms with E-state index in [0.717, 1.165) is 24.8 Å². The normalized spacial score (nSPS) is 37.4. The van der Waals surface area contributed by atoms with Gasteiger partial charge in [0, 0.05) is 30.3 Å². The molecule has 3 aliphatic rings. The molecular formula is C18H22O4. The van der Waals surface area contributed by atoms with Gasteiger partial charge in [0.25, 0.3) is 0 Å². The fourth-order valence-corrected chi connectivity index (χ4v) is 4.21. The standard InChI is InChI=1S/C18H22O4/c1-9-5-6-14-11(3)18(20)22-17(14)16-10(2)13(7-15(9)16)8-21-12(4)19/h13-17H,1-3,5-8H2,4H3. The second kappa shape index (κ2) is 5.41. The fourth-order valence-electron chi connectivity index (χ4n) is 4.21. The number of hydrogen-bond acceptors (Lipinski definition) is 4. The highest BCUT2D eigenvalue weighted by Crippen LogP contribution is 2.53. The van der Waals surface area contributed by atoms with Crippen LogP contribution in [0.5, 0.6) is 0 Å². The highest BCUT2D eigenvalue weighted by molar-refractivity contribution is 5.91. The number of ether oxygens (including phenoxy) is 2. The van der Waals surface area contributed by atoms with Crippen LogP contribution in [-0.2, 0) is 19.1 Å². The van der Waals surface area contributed by atoms with Crippen LogP contribution in [0.4, 0.5) is 0 Å². The number of esters is 2. The minimum atomic E-state index is -0.280. The van der Waals surface area contributed by atoms with Gasteiger partial charge in [-0.2, -0.15) is 0 Å². The molecule has 2 saturated carbocycles. The first-order valence-corrected chi connectivity index (χ1v) is 7.79. The maximum atomic E-state index is 11.9. The van der Waals surface area contributed by atoms with Crippen LogP contribution in [0.1, 0.15) is 26.2 Å². The molecule has 4 nitrogen and oxygen atoms in total. The Morgan fingerprint density at radius 1 is 1.32 bits per heavy atom. The molecule has 4 heteroatoms. The summed E-state index contributed by atoms with van der Waals surface area (Å²) in [7, 11) is 0. The van der Waals surface area contributed by atoms with E-state index in [-0.39, 0.29) is 41.7 Å². The first-order valence-electron chi connectivity index (χ1n) is 7.79. The molecule has 118 valence electrons. The van der Waals surface area contributed by atoms with E-state index < -0.39 is 0 Å². The topological polar surface area (TPSA) is 52.6 Å². The molecule has 3 rings (SSSR count). The first kappa shape index (κ1) is 15.1. The van der Waals surface area contributed by atoms with Crippen molar-refractivity contribution in [3.8, 4) is 0 Å². The molecule has 0 bridgehead atoms. The number of hydrogen-bond donors (Lipinski definition) is 0. The second-order valence-corrected chi connectivity index (χ2v) is 6.64. The molecule has 0 aromatic rings. The van der Waals surface area contributed by atoms with E-state index in [0.29, 0.717) is 12.2 Å². The summed E-state index contributed by atoms with van der Waals surface area (Å²) in [5.41, 5.74) is 2.79. The third-order valence-electron chi connectivity index (χ3n) is 5.42. The summed E-state index contributed by atoms with van der Waals surface area (Å²) in [4.78, 5) is 22.9. The van der Waals surface area contributed by atoms with E-state index in [1.165, 1.54) is 12.5 Å². The van der Waals surface area contributed by atoms with Crippen molar-refractivity contribution in [1.29, 1.82) is 0 Å². The van der Waals surface area contributed by atoms with Crippen LogP contribution in [0.2, 0.25) is 0 Å². The van der Waals surface area contributed by atoms with Gasteiger partial charge in [0.05, 0.1) is 6.61 Å². The minimum absolute atomic E-state index is 0.0588. The van der Waals surface area contributed by atoms with Crippen LogP contribution in [0.3, 0.4) is 0 Å². The summed E-state index contributed by atoms with van der Waals surface area (Å²) in [6.07, 6.45) is 2.43. The molecule has 1 saturated heterocycles. The molecule has 2 aliphatic carbocycles. The van der Waals surface area contributed by atoms with Gasteiger partial charge in [-0.1, -0.05) is 30.9 Å². The summed E-state index contributed by atoms with van der Waals surface area (Å²) in [5.74, 6) is -0.0641. The van der Waals surface area contributed by atoms with Crippen molar-refractivity contribution in [1.82, 2.24) is 0 Å². The Balaban J connectivity index is 1.86. The Morgan fingerprint density at radius 2 is 2.05 bits per heavy atom. The Morgan fingerprint density at radius 3 is 2.73 bits per heavy atom. The van der Waals surface area contributed by atoms with E-state index in [1.54, 1.807) is 0 Å². The molecule has 1 aliphatic heterocycles. The smallest absolute Gasteiger partial charge is 0.334 e. The summed E-state index contributed by atoms with van der Waals surface area (Å²) in [5, 5.41) is 0. The van der Waals surface area contributed by atoms with E-state index in [4.69, 9.17) is 9.47 Å². The van der Waals surface area contributed by atoms with Gasteiger partial charge in [-0.15, -0.1) is 0 Å². The Hall–Kier alpha value is -1.84. The number of allylic oxidation sites excluding steroid dienone is 1. The number of fused-ring (bicyclic) bond motifs is 3. The Bertz CT molecular complexity index is 574. The quantitative estimate of drug-likeness (QED) is 0.447. The molecule has 0 aromatic heterocycles. The lowest BCUT2D eigenvalue weighted by molar-refractivity contribution is -0.142. The van der Waals surface area contributed by atoms with Crippen molar-refractivity contribution in [2.75, 3.05) is 6.61 Å². The largest absolute Gasteiger partial charge is 0.465 e. The maximum absolute atomic E-state index is 11.9. The van der Waals surface area contributed by atoms with E-state index in [1.807, 2.05) is 0 Å². The van der Waals surface area contributed by atoms with Crippen molar-refractivity contribution in [2.45, 2.75) is 32.3 Å². The second-order valence-electron chi connectivity index (χ2n) is 6.64. The number of carbonyl (C=O) groups excluding carboxylic acids is 2. The monoisotopic (exact) mass is 302 g/mol. The van der Waals surface area contributed by atoms with Crippen molar-refractivity contribution >= 4 is 11.9 Å². The zero-order valence-electron chi connectivity index (χ0n) is 13.0. The zero-order chi connectivity index (χ0) is 16.0. The molecule has 3 fully saturated rings. The molecule has 0 radical (unpaired) electrons. The predicted molar refractivity (Wildman–Crippen MR) is 81.7 cm³/mol. The van der Waals surface area contributed by atoms with Crippen molar-refractivity contribution in [3.63, 3.8) is 0 Å². The van der Waals surface area contributed by atoms with Crippen LogP contribution in [-0.4, -0.2) is 24.6 Å². The third-order valence-corrected chi connectivity index (χ3v) is 5.42. The van der Waals surface area contributed by atoms with Gasteiger partial charge in [-0.05, 0) is 25.2 Å². The SMILES string of the molecule is C=C1C(=O)OC2C1CCC(=C)C1CC(COC(C)=O)C(=C)C12. The lowest BCUT2D eigenvalue weighted by Crippen LogP contribution is -2.29. The van der Waals surface area contributed by atoms with Gasteiger partial charge in [-0.25, -0.2) is 4.79 Å².